The molecule has 1 amide bonds. The lowest BCUT2D eigenvalue weighted by atomic mass is 10.1. The molecule has 0 bridgehead atoms. The van der Waals surface area contributed by atoms with Crippen LogP contribution in [-0.4, -0.2) is 59.6 Å². The number of nitrogens with zero attached hydrogens (tertiary/aromatic N) is 3. The monoisotopic (exact) mass is 337 g/mol. The van der Waals surface area contributed by atoms with Gasteiger partial charge in [-0.1, -0.05) is 6.92 Å². The van der Waals surface area contributed by atoms with Crippen LogP contribution in [0.1, 0.15) is 43.3 Å². The fourth-order valence-corrected chi connectivity index (χ4v) is 4.06. The number of thiazole rings is 1. The summed E-state index contributed by atoms with van der Waals surface area (Å²) in [4.78, 5) is 21.5. The van der Waals surface area contributed by atoms with Gasteiger partial charge in [0.05, 0.1) is 23.2 Å². The van der Waals surface area contributed by atoms with Crippen LogP contribution < -0.4 is 0 Å². The second-order valence-corrected chi connectivity index (χ2v) is 7.38. The van der Waals surface area contributed by atoms with Gasteiger partial charge in [0.25, 0.3) is 0 Å². The van der Waals surface area contributed by atoms with Gasteiger partial charge < -0.3 is 9.64 Å². The molecule has 2 aliphatic rings. The largest absolute Gasteiger partial charge is 0.378 e. The van der Waals surface area contributed by atoms with Crippen molar-refractivity contribution in [2.75, 3.05) is 32.8 Å². The quantitative estimate of drug-likeness (QED) is 0.827. The first-order chi connectivity index (χ1) is 11.2. The molecule has 1 atom stereocenters. The van der Waals surface area contributed by atoms with E-state index in [9.17, 15) is 4.79 Å². The first-order valence-electron chi connectivity index (χ1n) is 8.79. The smallest absolute Gasteiger partial charge is 0.225 e. The Morgan fingerprint density at radius 3 is 3.00 bits per heavy atom. The Balaban J connectivity index is 1.47. The minimum atomic E-state index is 0.157. The van der Waals surface area contributed by atoms with Crippen LogP contribution in [0.2, 0.25) is 0 Å². The number of ether oxygens (including phenoxy) is 1. The van der Waals surface area contributed by atoms with E-state index in [1.54, 1.807) is 11.3 Å². The molecule has 0 saturated carbocycles. The van der Waals surface area contributed by atoms with Crippen LogP contribution in [0.4, 0.5) is 0 Å². The average Bonchev–Trinajstić information content (AvgIpc) is 3.16. The zero-order valence-corrected chi connectivity index (χ0v) is 14.8. The molecule has 1 aromatic rings. The molecule has 1 aromatic heterocycles. The van der Waals surface area contributed by atoms with Gasteiger partial charge in [0, 0.05) is 44.7 Å². The molecule has 5 nitrogen and oxygen atoms in total. The van der Waals surface area contributed by atoms with Crippen LogP contribution >= 0.6 is 11.3 Å². The number of hydrogen-bond donors (Lipinski definition) is 0. The highest BCUT2D eigenvalue weighted by atomic mass is 32.1. The van der Waals surface area contributed by atoms with E-state index >= 15 is 0 Å². The van der Waals surface area contributed by atoms with Crippen molar-refractivity contribution in [2.24, 2.45) is 0 Å². The highest BCUT2D eigenvalue weighted by Gasteiger charge is 2.24. The fourth-order valence-electron chi connectivity index (χ4n) is 3.32. The Labute approximate surface area is 142 Å². The maximum atomic E-state index is 12.4. The molecule has 0 aromatic carbocycles. The molecule has 6 heteroatoms. The third kappa shape index (κ3) is 4.75. The van der Waals surface area contributed by atoms with E-state index in [2.05, 4.69) is 22.2 Å². The van der Waals surface area contributed by atoms with Crippen molar-refractivity contribution >= 4 is 17.2 Å². The lowest BCUT2D eigenvalue weighted by Gasteiger charge is -2.22. The van der Waals surface area contributed by atoms with E-state index in [4.69, 9.17) is 4.74 Å². The molecule has 2 saturated heterocycles. The summed E-state index contributed by atoms with van der Waals surface area (Å²) in [6.45, 7) is 7.56. The van der Waals surface area contributed by atoms with Crippen LogP contribution in [0.3, 0.4) is 0 Å². The summed E-state index contributed by atoms with van der Waals surface area (Å²) >= 11 is 1.75. The summed E-state index contributed by atoms with van der Waals surface area (Å²) in [6.07, 6.45) is 4.91. The molecule has 2 fully saturated rings. The minimum absolute atomic E-state index is 0.157. The summed E-state index contributed by atoms with van der Waals surface area (Å²) in [7, 11) is 0. The maximum Gasteiger partial charge on any atom is 0.225 e. The van der Waals surface area contributed by atoms with Crippen LogP contribution in [0.5, 0.6) is 0 Å². The minimum Gasteiger partial charge on any atom is -0.378 e. The molecular weight excluding hydrogens is 310 g/mol. The number of rotatable bonds is 5. The fraction of sp³-hybridized carbons (Fsp3) is 0.765. The summed E-state index contributed by atoms with van der Waals surface area (Å²) < 4.78 is 5.59. The molecule has 23 heavy (non-hydrogen) atoms. The van der Waals surface area contributed by atoms with Crippen molar-refractivity contribution in [2.45, 2.75) is 51.7 Å². The first-order valence-corrected chi connectivity index (χ1v) is 9.67. The van der Waals surface area contributed by atoms with Gasteiger partial charge in [0.15, 0.2) is 0 Å². The van der Waals surface area contributed by atoms with Crippen molar-refractivity contribution in [1.29, 1.82) is 0 Å². The Kier molecular flexibility index (Phi) is 6.02. The highest BCUT2D eigenvalue weighted by molar-refractivity contribution is 7.09. The average molecular weight is 337 g/mol. The number of carbonyl (C=O) groups is 1. The van der Waals surface area contributed by atoms with Crippen molar-refractivity contribution in [3.05, 3.63) is 16.1 Å². The van der Waals surface area contributed by atoms with Gasteiger partial charge in [-0.15, -0.1) is 11.3 Å². The van der Waals surface area contributed by atoms with E-state index in [0.29, 0.717) is 6.42 Å². The van der Waals surface area contributed by atoms with Crippen LogP contribution in [0, 0.1) is 0 Å². The topological polar surface area (TPSA) is 45.7 Å². The number of amides is 1. The normalized spacial score (nSPS) is 23.2. The SMILES string of the molecule is CCc1nc(CN2CCCN(C(=O)C[C@H]3CCCO3)CC2)cs1. The van der Waals surface area contributed by atoms with Gasteiger partial charge in [-0.2, -0.15) is 0 Å². The third-order valence-electron chi connectivity index (χ3n) is 4.65. The molecule has 3 heterocycles. The maximum absolute atomic E-state index is 12.4. The first kappa shape index (κ1) is 16.9. The number of hydrogen-bond acceptors (Lipinski definition) is 5. The summed E-state index contributed by atoms with van der Waals surface area (Å²) in [5.41, 5.74) is 1.17. The van der Waals surface area contributed by atoms with E-state index < -0.39 is 0 Å². The van der Waals surface area contributed by atoms with Crippen molar-refractivity contribution in [1.82, 2.24) is 14.8 Å². The van der Waals surface area contributed by atoms with Crippen LogP contribution in [0.15, 0.2) is 5.38 Å². The lowest BCUT2D eigenvalue weighted by molar-refractivity contribution is -0.133. The Morgan fingerprint density at radius 1 is 1.35 bits per heavy atom. The second kappa shape index (κ2) is 8.22. The second-order valence-electron chi connectivity index (χ2n) is 6.44. The molecular formula is C17H27N3O2S. The molecule has 128 valence electrons. The van der Waals surface area contributed by atoms with Crippen LogP contribution in [0.25, 0.3) is 0 Å². The predicted molar refractivity (Wildman–Crippen MR) is 91.6 cm³/mol. The van der Waals surface area contributed by atoms with Gasteiger partial charge in [-0.25, -0.2) is 4.98 Å². The molecule has 0 aliphatic carbocycles. The Bertz CT molecular complexity index is 514. The number of carbonyl (C=O) groups excluding carboxylic acids is 1. The number of aromatic nitrogens is 1. The van der Waals surface area contributed by atoms with Gasteiger partial charge in [0.1, 0.15) is 0 Å². The van der Waals surface area contributed by atoms with Gasteiger partial charge in [-0.05, 0) is 25.7 Å². The zero-order valence-electron chi connectivity index (χ0n) is 14.0. The summed E-state index contributed by atoms with van der Waals surface area (Å²) in [5.74, 6) is 0.265. The van der Waals surface area contributed by atoms with E-state index in [0.717, 1.165) is 65.0 Å². The summed E-state index contributed by atoms with van der Waals surface area (Å²) in [5, 5.41) is 3.38. The van der Waals surface area contributed by atoms with Crippen molar-refractivity contribution in [3.63, 3.8) is 0 Å². The van der Waals surface area contributed by atoms with Crippen molar-refractivity contribution in [3.8, 4) is 0 Å². The van der Waals surface area contributed by atoms with Gasteiger partial charge >= 0.3 is 0 Å². The lowest BCUT2D eigenvalue weighted by Crippen LogP contribution is -2.36. The molecule has 0 N–H and O–H groups in total. The van der Waals surface area contributed by atoms with Crippen LogP contribution in [-0.2, 0) is 22.5 Å². The molecule has 0 radical (unpaired) electrons. The highest BCUT2D eigenvalue weighted by Crippen LogP contribution is 2.18. The Hall–Kier alpha value is -0.980. The van der Waals surface area contributed by atoms with Gasteiger partial charge in [0.2, 0.25) is 5.91 Å². The van der Waals surface area contributed by atoms with Gasteiger partial charge in [-0.3, -0.25) is 9.69 Å². The van der Waals surface area contributed by atoms with E-state index in [-0.39, 0.29) is 12.0 Å². The zero-order chi connectivity index (χ0) is 16.1. The number of aryl methyl sites for hydroxylation is 1. The van der Waals surface area contributed by atoms with Crippen molar-refractivity contribution < 1.29 is 9.53 Å². The predicted octanol–water partition coefficient (Wildman–Crippen LogP) is 2.31. The summed E-state index contributed by atoms with van der Waals surface area (Å²) in [6, 6.07) is 0. The molecule has 3 rings (SSSR count). The third-order valence-corrected chi connectivity index (χ3v) is 5.70. The Morgan fingerprint density at radius 2 is 2.26 bits per heavy atom. The molecule has 2 aliphatic heterocycles. The van der Waals surface area contributed by atoms with E-state index in [1.807, 2.05) is 4.90 Å². The van der Waals surface area contributed by atoms with E-state index in [1.165, 1.54) is 10.7 Å². The molecule has 0 unspecified atom stereocenters. The standard InChI is InChI=1S/C17H27N3O2S/c1-2-16-18-14(13-23-16)12-19-6-4-7-20(9-8-19)17(21)11-15-5-3-10-22-15/h13,15H,2-12H2,1H3/t15-/m1/s1. The molecule has 0 spiro atoms.